The molecule has 0 aliphatic rings. The summed E-state index contributed by atoms with van der Waals surface area (Å²) in [6.07, 6.45) is 2.88. The SMILES string of the molecule is O=C(Nc1ncc(Cl)s1)C(=O)NC(Cc1coc2ccccc12)B(O)O. The Bertz CT molecular complexity index is 944. The lowest BCUT2D eigenvalue weighted by Gasteiger charge is -2.16. The largest absolute Gasteiger partial charge is 0.475 e. The standard InChI is InChI=1S/C15H13BClN3O5S/c17-12-6-18-15(26-12)20-14(22)13(21)19-11(16(23)24)5-8-7-25-10-4-2-1-3-9(8)10/h1-4,6-7,11,23-24H,5H2,(H,19,21)(H,18,20,22). The minimum absolute atomic E-state index is 0.0663. The van der Waals surface area contributed by atoms with Gasteiger partial charge in [-0.2, -0.15) is 0 Å². The molecular weight excluding hydrogens is 381 g/mol. The summed E-state index contributed by atoms with van der Waals surface area (Å²) in [4.78, 5) is 27.8. The lowest BCUT2D eigenvalue weighted by molar-refractivity contribution is -0.136. The molecule has 4 N–H and O–H groups in total. The van der Waals surface area contributed by atoms with E-state index in [0.717, 1.165) is 16.7 Å². The predicted molar refractivity (Wildman–Crippen MR) is 97.8 cm³/mol. The molecular formula is C15H13BClN3O5S. The first kappa shape index (κ1) is 18.4. The summed E-state index contributed by atoms with van der Waals surface area (Å²) in [5, 5.41) is 24.6. The van der Waals surface area contributed by atoms with Crippen molar-refractivity contribution < 1.29 is 24.1 Å². The van der Waals surface area contributed by atoms with E-state index >= 15 is 0 Å². The number of carbonyl (C=O) groups is 2. The number of aromatic nitrogens is 1. The molecule has 11 heteroatoms. The number of anilines is 1. The van der Waals surface area contributed by atoms with Gasteiger partial charge in [0.25, 0.3) is 0 Å². The van der Waals surface area contributed by atoms with Crippen molar-refractivity contribution in [1.82, 2.24) is 10.3 Å². The number of nitrogens with zero attached hydrogens (tertiary/aromatic N) is 1. The van der Waals surface area contributed by atoms with Crippen LogP contribution in [0.15, 0.2) is 41.1 Å². The Morgan fingerprint density at radius 3 is 2.77 bits per heavy atom. The van der Waals surface area contributed by atoms with Gasteiger partial charge in [0.05, 0.1) is 18.4 Å². The van der Waals surface area contributed by atoms with E-state index in [-0.39, 0.29) is 11.6 Å². The van der Waals surface area contributed by atoms with E-state index in [2.05, 4.69) is 15.6 Å². The lowest BCUT2D eigenvalue weighted by Crippen LogP contribution is -2.51. The molecule has 3 rings (SSSR count). The summed E-state index contributed by atoms with van der Waals surface area (Å²) < 4.78 is 5.75. The second-order valence-corrected chi connectivity index (χ2v) is 7.04. The van der Waals surface area contributed by atoms with E-state index in [0.29, 0.717) is 15.5 Å². The van der Waals surface area contributed by atoms with Gasteiger partial charge >= 0.3 is 18.9 Å². The fraction of sp³-hybridized carbons (Fsp3) is 0.133. The summed E-state index contributed by atoms with van der Waals surface area (Å²) in [5.41, 5.74) is 1.31. The van der Waals surface area contributed by atoms with E-state index in [4.69, 9.17) is 16.0 Å². The molecule has 0 aliphatic heterocycles. The van der Waals surface area contributed by atoms with Gasteiger partial charge < -0.3 is 19.8 Å². The van der Waals surface area contributed by atoms with Crippen LogP contribution in [-0.4, -0.2) is 39.9 Å². The molecule has 0 spiro atoms. The molecule has 134 valence electrons. The quantitative estimate of drug-likeness (QED) is 0.381. The molecule has 0 radical (unpaired) electrons. The highest BCUT2D eigenvalue weighted by Crippen LogP contribution is 2.23. The molecule has 2 aromatic heterocycles. The van der Waals surface area contributed by atoms with Gasteiger partial charge in [-0.15, -0.1) is 0 Å². The molecule has 1 aromatic carbocycles. The molecule has 0 saturated heterocycles. The van der Waals surface area contributed by atoms with Crippen LogP contribution < -0.4 is 10.6 Å². The fourth-order valence-corrected chi connectivity index (χ4v) is 3.17. The average molecular weight is 394 g/mol. The summed E-state index contributed by atoms with van der Waals surface area (Å²) in [7, 11) is -1.87. The molecule has 1 atom stereocenters. The second-order valence-electron chi connectivity index (χ2n) is 5.38. The van der Waals surface area contributed by atoms with E-state index in [1.54, 1.807) is 6.07 Å². The molecule has 0 fully saturated rings. The number of fused-ring (bicyclic) bond motifs is 1. The fourth-order valence-electron chi connectivity index (χ4n) is 2.36. The molecule has 2 amide bonds. The van der Waals surface area contributed by atoms with Gasteiger partial charge in [0.1, 0.15) is 9.92 Å². The maximum atomic E-state index is 12.0. The van der Waals surface area contributed by atoms with Crippen LogP contribution in [0, 0.1) is 0 Å². The molecule has 0 bridgehead atoms. The van der Waals surface area contributed by atoms with Crippen molar-refractivity contribution in [3.63, 3.8) is 0 Å². The third kappa shape index (κ3) is 4.22. The highest BCUT2D eigenvalue weighted by atomic mass is 35.5. The number of benzene rings is 1. The number of carbonyl (C=O) groups excluding carboxylic acids is 2. The predicted octanol–water partition coefficient (Wildman–Crippen LogP) is 1.22. The van der Waals surface area contributed by atoms with E-state index in [1.165, 1.54) is 12.5 Å². The number of hydrogen-bond donors (Lipinski definition) is 4. The third-order valence-corrected chi connectivity index (χ3v) is 4.61. The first-order valence-corrected chi connectivity index (χ1v) is 8.68. The molecule has 26 heavy (non-hydrogen) atoms. The van der Waals surface area contributed by atoms with Gasteiger partial charge in [0, 0.05) is 5.39 Å². The number of halogens is 1. The smallest absolute Gasteiger partial charge is 0.464 e. The van der Waals surface area contributed by atoms with Crippen molar-refractivity contribution in [3.05, 3.63) is 46.6 Å². The molecule has 8 nitrogen and oxygen atoms in total. The van der Waals surface area contributed by atoms with Crippen LogP contribution in [0.25, 0.3) is 11.0 Å². The van der Waals surface area contributed by atoms with Gasteiger partial charge in [-0.3, -0.25) is 14.9 Å². The summed E-state index contributed by atoms with van der Waals surface area (Å²) in [6, 6.07) is 7.21. The van der Waals surface area contributed by atoms with Gasteiger partial charge in [-0.1, -0.05) is 41.1 Å². The molecule has 2 heterocycles. The normalized spacial score (nSPS) is 12.0. The summed E-state index contributed by atoms with van der Waals surface area (Å²) in [5.74, 6) is -3.12. The maximum Gasteiger partial charge on any atom is 0.475 e. The average Bonchev–Trinajstić information content (AvgIpc) is 3.20. The zero-order valence-electron chi connectivity index (χ0n) is 13.2. The minimum atomic E-state index is -1.87. The molecule has 1 unspecified atom stereocenters. The van der Waals surface area contributed by atoms with Crippen molar-refractivity contribution >= 4 is 58.0 Å². The Hall–Kier alpha value is -2.40. The van der Waals surface area contributed by atoms with Crippen LogP contribution in [0.1, 0.15) is 5.56 Å². The van der Waals surface area contributed by atoms with Crippen molar-refractivity contribution in [3.8, 4) is 0 Å². The number of hydrogen-bond acceptors (Lipinski definition) is 7. The minimum Gasteiger partial charge on any atom is -0.464 e. The Morgan fingerprint density at radius 1 is 1.31 bits per heavy atom. The zero-order valence-corrected chi connectivity index (χ0v) is 14.8. The number of amides is 2. The monoisotopic (exact) mass is 393 g/mol. The van der Waals surface area contributed by atoms with Gasteiger partial charge in [-0.05, 0) is 18.1 Å². The Balaban J connectivity index is 1.68. The Kier molecular flexibility index (Phi) is 5.57. The number of nitrogens with one attached hydrogen (secondary N) is 2. The molecule has 0 saturated carbocycles. The van der Waals surface area contributed by atoms with Crippen molar-refractivity contribution in [2.75, 3.05) is 5.32 Å². The van der Waals surface area contributed by atoms with Crippen molar-refractivity contribution in [2.24, 2.45) is 0 Å². The van der Waals surface area contributed by atoms with Crippen LogP contribution >= 0.6 is 22.9 Å². The van der Waals surface area contributed by atoms with E-state index in [9.17, 15) is 19.6 Å². The first-order valence-electron chi connectivity index (χ1n) is 7.48. The number of furan rings is 1. The van der Waals surface area contributed by atoms with Gasteiger partial charge in [-0.25, -0.2) is 4.98 Å². The van der Waals surface area contributed by atoms with Crippen LogP contribution in [0.3, 0.4) is 0 Å². The molecule has 0 aliphatic carbocycles. The molecule has 3 aromatic rings. The highest BCUT2D eigenvalue weighted by Gasteiger charge is 2.29. The van der Waals surface area contributed by atoms with Crippen molar-refractivity contribution in [2.45, 2.75) is 12.4 Å². The topological polar surface area (TPSA) is 125 Å². The summed E-state index contributed by atoms with van der Waals surface area (Å²) in [6.45, 7) is 0. The zero-order chi connectivity index (χ0) is 18.7. The second kappa shape index (κ2) is 7.87. The Labute approximate surface area is 156 Å². The van der Waals surface area contributed by atoms with E-state index < -0.39 is 24.9 Å². The van der Waals surface area contributed by atoms with E-state index in [1.807, 2.05) is 18.2 Å². The van der Waals surface area contributed by atoms with Crippen LogP contribution in [-0.2, 0) is 16.0 Å². The number of thiazole rings is 1. The summed E-state index contributed by atoms with van der Waals surface area (Å²) >= 11 is 6.70. The number of rotatable bonds is 5. The maximum absolute atomic E-state index is 12.0. The first-order chi connectivity index (χ1) is 12.4. The van der Waals surface area contributed by atoms with Gasteiger partial charge in [0.15, 0.2) is 5.13 Å². The van der Waals surface area contributed by atoms with Crippen LogP contribution in [0.2, 0.25) is 4.34 Å². The number of para-hydroxylation sites is 1. The van der Waals surface area contributed by atoms with Gasteiger partial charge in [0.2, 0.25) is 0 Å². The highest BCUT2D eigenvalue weighted by molar-refractivity contribution is 7.19. The lowest BCUT2D eigenvalue weighted by atomic mass is 9.76. The Morgan fingerprint density at radius 2 is 2.08 bits per heavy atom. The van der Waals surface area contributed by atoms with Crippen LogP contribution in [0.4, 0.5) is 5.13 Å². The van der Waals surface area contributed by atoms with Crippen molar-refractivity contribution in [1.29, 1.82) is 0 Å². The third-order valence-electron chi connectivity index (χ3n) is 3.58. The van der Waals surface area contributed by atoms with Crippen LogP contribution in [0.5, 0.6) is 0 Å².